The summed E-state index contributed by atoms with van der Waals surface area (Å²) in [5.74, 6) is -0.828. The first kappa shape index (κ1) is 15.9. The second-order valence-electron chi connectivity index (χ2n) is 4.63. The minimum atomic E-state index is -0.438. The largest absolute Gasteiger partial charge is 0.465 e. The van der Waals surface area contributed by atoms with E-state index in [0.717, 1.165) is 5.56 Å². The van der Waals surface area contributed by atoms with Crippen LogP contribution in [-0.4, -0.2) is 18.2 Å². The lowest BCUT2D eigenvalue weighted by molar-refractivity contribution is 0.0601. The summed E-state index contributed by atoms with van der Waals surface area (Å²) >= 11 is 5.15. The van der Waals surface area contributed by atoms with Crippen molar-refractivity contribution in [3.63, 3.8) is 0 Å². The Morgan fingerprint density at radius 1 is 1.18 bits per heavy atom. The highest BCUT2D eigenvalue weighted by Gasteiger charge is 2.08. The van der Waals surface area contributed by atoms with Crippen LogP contribution in [0.1, 0.15) is 15.9 Å². The van der Waals surface area contributed by atoms with Gasteiger partial charge in [0.2, 0.25) is 0 Å². The molecule has 2 aromatic carbocycles. The molecule has 0 aliphatic rings. The highest BCUT2D eigenvalue weighted by Crippen LogP contribution is 2.17. The highest BCUT2D eigenvalue weighted by atomic mass is 32.1. The van der Waals surface area contributed by atoms with E-state index in [0.29, 0.717) is 16.9 Å². The maximum absolute atomic E-state index is 13.7. The van der Waals surface area contributed by atoms with E-state index in [4.69, 9.17) is 12.2 Å². The van der Waals surface area contributed by atoms with Gasteiger partial charge in [0.1, 0.15) is 5.82 Å². The van der Waals surface area contributed by atoms with E-state index in [1.807, 2.05) is 6.92 Å². The zero-order chi connectivity index (χ0) is 16.1. The second-order valence-corrected chi connectivity index (χ2v) is 5.04. The molecule has 0 radical (unpaired) electrons. The van der Waals surface area contributed by atoms with Gasteiger partial charge in [0.15, 0.2) is 5.11 Å². The molecule has 0 spiro atoms. The van der Waals surface area contributed by atoms with E-state index < -0.39 is 11.8 Å². The van der Waals surface area contributed by atoms with E-state index >= 15 is 0 Å². The molecule has 0 fully saturated rings. The number of halogens is 1. The first-order valence-corrected chi connectivity index (χ1v) is 6.93. The number of ether oxygens (including phenoxy) is 1. The molecular weight excluding hydrogens is 303 g/mol. The highest BCUT2D eigenvalue weighted by molar-refractivity contribution is 7.80. The third-order valence-electron chi connectivity index (χ3n) is 2.91. The topological polar surface area (TPSA) is 50.4 Å². The molecule has 0 aliphatic carbocycles. The number of methoxy groups -OCH3 is 1. The number of carbonyl (C=O) groups excluding carboxylic acids is 1. The van der Waals surface area contributed by atoms with Crippen LogP contribution in [0.3, 0.4) is 0 Å². The molecule has 0 aliphatic heterocycles. The predicted octanol–water partition coefficient (Wildman–Crippen LogP) is 3.73. The van der Waals surface area contributed by atoms with Gasteiger partial charge in [-0.2, -0.15) is 0 Å². The summed E-state index contributed by atoms with van der Waals surface area (Å²) in [4.78, 5) is 11.5. The number of hydrogen-bond donors (Lipinski definition) is 2. The molecule has 4 nitrogen and oxygen atoms in total. The maximum Gasteiger partial charge on any atom is 0.337 e. The van der Waals surface area contributed by atoms with Crippen LogP contribution >= 0.6 is 12.2 Å². The smallest absolute Gasteiger partial charge is 0.337 e. The quantitative estimate of drug-likeness (QED) is 0.667. The molecule has 0 atom stereocenters. The van der Waals surface area contributed by atoms with E-state index in [-0.39, 0.29) is 5.11 Å². The average Bonchev–Trinajstić information content (AvgIpc) is 2.50. The Morgan fingerprint density at radius 2 is 1.95 bits per heavy atom. The van der Waals surface area contributed by atoms with Crippen molar-refractivity contribution in [2.24, 2.45) is 0 Å². The lowest BCUT2D eigenvalue weighted by Crippen LogP contribution is -2.20. The van der Waals surface area contributed by atoms with Crippen molar-refractivity contribution >= 4 is 34.7 Å². The van der Waals surface area contributed by atoms with E-state index in [9.17, 15) is 9.18 Å². The Labute approximate surface area is 133 Å². The molecular formula is C16H15FN2O2S. The molecule has 0 bridgehead atoms. The van der Waals surface area contributed by atoms with Gasteiger partial charge in [-0.25, -0.2) is 9.18 Å². The van der Waals surface area contributed by atoms with Crippen LogP contribution in [0.25, 0.3) is 0 Å². The zero-order valence-corrected chi connectivity index (χ0v) is 13.0. The number of nitrogens with one attached hydrogen (secondary N) is 2. The van der Waals surface area contributed by atoms with Gasteiger partial charge in [0.25, 0.3) is 0 Å². The third-order valence-corrected chi connectivity index (χ3v) is 3.12. The molecule has 0 saturated heterocycles. The van der Waals surface area contributed by atoms with Crippen molar-refractivity contribution in [1.29, 1.82) is 0 Å². The normalized spacial score (nSPS) is 9.95. The molecule has 2 N–H and O–H groups in total. The van der Waals surface area contributed by atoms with Gasteiger partial charge in [0.05, 0.1) is 18.4 Å². The molecule has 2 rings (SSSR count). The van der Waals surface area contributed by atoms with Crippen LogP contribution in [0.5, 0.6) is 0 Å². The fourth-order valence-corrected chi connectivity index (χ4v) is 2.09. The summed E-state index contributed by atoms with van der Waals surface area (Å²) in [5.41, 5.74) is 2.21. The molecule has 6 heteroatoms. The minimum Gasteiger partial charge on any atom is -0.465 e. The Morgan fingerprint density at radius 3 is 2.68 bits per heavy atom. The summed E-state index contributed by atoms with van der Waals surface area (Å²) in [6.45, 7) is 1.86. The summed E-state index contributed by atoms with van der Waals surface area (Å²) in [6.07, 6.45) is 0. The monoisotopic (exact) mass is 318 g/mol. The van der Waals surface area contributed by atoms with Gasteiger partial charge < -0.3 is 15.4 Å². The Balaban J connectivity index is 2.09. The molecule has 0 saturated carbocycles. The van der Waals surface area contributed by atoms with Crippen molar-refractivity contribution < 1.29 is 13.9 Å². The van der Waals surface area contributed by atoms with Crippen LogP contribution in [0.2, 0.25) is 0 Å². The van der Waals surface area contributed by atoms with Crippen molar-refractivity contribution in [2.45, 2.75) is 6.92 Å². The number of hydrogen-bond acceptors (Lipinski definition) is 3. The Kier molecular flexibility index (Phi) is 5.06. The Hall–Kier alpha value is -2.47. The maximum atomic E-state index is 13.7. The van der Waals surface area contributed by atoms with Gasteiger partial charge in [0, 0.05) is 5.69 Å². The number of thiocarbonyl (C=S) groups is 1. The second kappa shape index (κ2) is 7.00. The van der Waals surface area contributed by atoms with E-state index in [2.05, 4.69) is 15.4 Å². The van der Waals surface area contributed by atoms with Gasteiger partial charge in [-0.3, -0.25) is 0 Å². The first-order chi connectivity index (χ1) is 10.5. The first-order valence-electron chi connectivity index (χ1n) is 6.52. The molecule has 0 aromatic heterocycles. The van der Waals surface area contributed by atoms with Gasteiger partial charge >= 0.3 is 5.97 Å². The standard InChI is InChI=1S/C16H15FN2O2S/c1-10-6-7-13(17)14(8-10)19-16(22)18-12-5-3-4-11(9-12)15(20)21-2/h3-9H,1-2H3,(H2,18,19,22). The van der Waals surface area contributed by atoms with Crippen LogP contribution in [0.15, 0.2) is 42.5 Å². The summed E-state index contributed by atoms with van der Waals surface area (Å²) in [6, 6.07) is 11.4. The number of anilines is 2. The van der Waals surface area contributed by atoms with E-state index in [1.165, 1.54) is 13.2 Å². The number of benzene rings is 2. The molecule has 0 amide bonds. The summed E-state index contributed by atoms with van der Waals surface area (Å²) in [5, 5.41) is 5.92. The average molecular weight is 318 g/mol. The van der Waals surface area contributed by atoms with Crippen LogP contribution in [0, 0.1) is 12.7 Å². The summed E-state index contributed by atoms with van der Waals surface area (Å²) < 4.78 is 18.3. The molecule has 0 heterocycles. The SMILES string of the molecule is COC(=O)c1cccc(NC(=S)Nc2cc(C)ccc2F)c1. The lowest BCUT2D eigenvalue weighted by atomic mass is 10.2. The van der Waals surface area contributed by atoms with Crippen molar-refractivity contribution in [3.05, 3.63) is 59.4 Å². The number of rotatable bonds is 3. The molecule has 0 unspecified atom stereocenters. The van der Waals surface area contributed by atoms with Crippen molar-refractivity contribution in [1.82, 2.24) is 0 Å². The van der Waals surface area contributed by atoms with Gasteiger partial charge in [-0.1, -0.05) is 12.1 Å². The molecule has 22 heavy (non-hydrogen) atoms. The number of carbonyl (C=O) groups is 1. The molecule has 2 aromatic rings. The Bertz CT molecular complexity index is 719. The third kappa shape index (κ3) is 4.02. The minimum absolute atomic E-state index is 0.228. The van der Waals surface area contributed by atoms with Gasteiger partial charge in [-0.05, 0) is 55.0 Å². The van der Waals surface area contributed by atoms with Crippen LogP contribution in [0.4, 0.5) is 15.8 Å². The number of esters is 1. The van der Waals surface area contributed by atoms with Crippen LogP contribution in [-0.2, 0) is 4.74 Å². The fourth-order valence-electron chi connectivity index (χ4n) is 1.86. The van der Waals surface area contributed by atoms with Crippen molar-refractivity contribution in [2.75, 3.05) is 17.7 Å². The summed E-state index contributed by atoms with van der Waals surface area (Å²) in [7, 11) is 1.31. The molecule has 114 valence electrons. The van der Waals surface area contributed by atoms with Crippen LogP contribution < -0.4 is 10.6 Å². The van der Waals surface area contributed by atoms with Crippen molar-refractivity contribution in [3.8, 4) is 0 Å². The fraction of sp³-hybridized carbons (Fsp3) is 0.125. The van der Waals surface area contributed by atoms with Gasteiger partial charge in [-0.15, -0.1) is 0 Å². The van der Waals surface area contributed by atoms with E-state index in [1.54, 1.807) is 36.4 Å². The number of aryl methyl sites for hydroxylation is 1. The predicted molar refractivity (Wildman–Crippen MR) is 88.8 cm³/mol. The lowest BCUT2D eigenvalue weighted by Gasteiger charge is -2.12. The zero-order valence-electron chi connectivity index (χ0n) is 12.1.